The smallest absolute Gasteiger partial charge is 0.0833 e. The number of hydrogen-bond acceptors (Lipinski definition) is 2. The third-order valence-corrected chi connectivity index (χ3v) is 4.09. The molecule has 2 radical (unpaired) electrons. The zero-order valence-corrected chi connectivity index (χ0v) is 10.8. The molecule has 0 saturated carbocycles. The van der Waals surface area contributed by atoms with E-state index in [-0.39, 0.29) is 5.54 Å². The standard InChI is InChI=1S/C13H22BNO/c1-10-7-11(14)5-4-6-12(10)15(3)13(2)8-16-9-13/h11H,4-9H2,1-3H3. The van der Waals surface area contributed by atoms with E-state index in [9.17, 15) is 0 Å². The largest absolute Gasteiger partial charge is 0.376 e. The summed E-state index contributed by atoms with van der Waals surface area (Å²) in [5.41, 5.74) is 3.18. The summed E-state index contributed by atoms with van der Waals surface area (Å²) in [4.78, 5) is 2.43. The van der Waals surface area contributed by atoms with E-state index in [1.54, 1.807) is 0 Å². The van der Waals surface area contributed by atoms with Gasteiger partial charge in [0.2, 0.25) is 0 Å². The molecule has 1 atom stereocenters. The van der Waals surface area contributed by atoms with E-state index in [4.69, 9.17) is 12.6 Å². The van der Waals surface area contributed by atoms with Crippen molar-refractivity contribution in [2.24, 2.45) is 0 Å². The fraction of sp³-hybridized carbons (Fsp3) is 0.846. The van der Waals surface area contributed by atoms with Gasteiger partial charge in [0.1, 0.15) is 0 Å². The molecular weight excluding hydrogens is 197 g/mol. The molecule has 0 aromatic heterocycles. The van der Waals surface area contributed by atoms with Crippen molar-refractivity contribution in [2.45, 2.75) is 50.9 Å². The quantitative estimate of drug-likeness (QED) is 0.661. The van der Waals surface area contributed by atoms with Gasteiger partial charge in [0, 0.05) is 12.7 Å². The highest BCUT2D eigenvalue weighted by Gasteiger charge is 2.38. The molecule has 3 heteroatoms. The van der Waals surface area contributed by atoms with Gasteiger partial charge in [-0.15, -0.1) is 0 Å². The van der Waals surface area contributed by atoms with Gasteiger partial charge in [-0.3, -0.25) is 0 Å². The molecule has 0 N–H and O–H groups in total. The van der Waals surface area contributed by atoms with Crippen LogP contribution in [0.2, 0.25) is 5.82 Å². The van der Waals surface area contributed by atoms with Crippen LogP contribution >= 0.6 is 0 Å². The monoisotopic (exact) mass is 219 g/mol. The van der Waals surface area contributed by atoms with Crippen LogP contribution in [0.25, 0.3) is 0 Å². The third-order valence-electron chi connectivity index (χ3n) is 4.09. The summed E-state index contributed by atoms with van der Waals surface area (Å²) >= 11 is 0. The average Bonchev–Trinajstić information content (AvgIpc) is 2.34. The molecular formula is C13H22BNO. The maximum Gasteiger partial charge on any atom is 0.0833 e. The molecule has 1 aliphatic carbocycles. The first-order chi connectivity index (χ1) is 7.53. The average molecular weight is 219 g/mol. The van der Waals surface area contributed by atoms with Crippen molar-refractivity contribution in [1.82, 2.24) is 4.90 Å². The van der Waals surface area contributed by atoms with Crippen molar-refractivity contribution in [1.29, 1.82) is 0 Å². The van der Waals surface area contributed by atoms with E-state index >= 15 is 0 Å². The van der Waals surface area contributed by atoms with Gasteiger partial charge < -0.3 is 9.64 Å². The predicted molar refractivity (Wildman–Crippen MR) is 67.7 cm³/mol. The third kappa shape index (κ3) is 2.15. The zero-order valence-electron chi connectivity index (χ0n) is 10.8. The molecule has 1 unspecified atom stereocenters. The van der Waals surface area contributed by atoms with Gasteiger partial charge in [-0.2, -0.15) is 0 Å². The lowest BCUT2D eigenvalue weighted by Gasteiger charge is -2.48. The Bertz CT molecular complexity index is 296. The molecule has 0 aromatic rings. The Labute approximate surface area is 100 Å². The molecule has 1 fully saturated rings. The molecule has 1 aliphatic heterocycles. The van der Waals surface area contributed by atoms with Crippen LogP contribution in [0.4, 0.5) is 0 Å². The summed E-state index contributed by atoms with van der Waals surface area (Å²) in [5.74, 6) is 0.358. The van der Waals surface area contributed by atoms with Crippen LogP contribution in [0.1, 0.15) is 39.5 Å². The molecule has 2 aliphatic rings. The Kier molecular flexibility index (Phi) is 3.34. The Balaban J connectivity index is 2.14. The van der Waals surface area contributed by atoms with Gasteiger partial charge in [0.15, 0.2) is 0 Å². The Morgan fingerprint density at radius 2 is 2.12 bits per heavy atom. The van der Waals surface area contributed by atoms with E-state index in [1.807, 2.05) is 0 Å². The van der Waals surface area contributed by atoms with Crippen LogP contribution < -0.4 is 0 Å². The van der Waals surface area contributed by atoms with Gasteiger partial charge in [0.05, 0.1) is 26.6 Å². The minimum atomic E-state index is 0.213. The topological polar surface area (TPSA) is 12.5 Å². The molecule has 1 heterocycles. The molecule has 0 bridgehead atoms. The molecule has 2 nitrogen and oxygen atoms in total. The lowest BCUT2D eigenvalue weighted by molar-refractivity contribution is -0.111. The maximum atomic E-state index is 6.07. The number of ether oxygens (including phenoxy) is 1. The molecule has 0 spiro atoms. The Morgan fingerprint density at radius 3 is 2.69 bits per heavy atom. The van der Waals surface area contributed by atoms with E-state index < -0.39 is 0 Å². The fourth-order valence-corrected chi connectivity index (χ4v) is 2.73. The fourth-order valence-electron chi connectivity index (χ4n) is 2.73. The summed E-state index contributed by atoms with van der Waals surface area (Å²) < 4.78 is 5.35. The van der Waals surface area contributed by atoms with Crippen LogP contribution in [0.3, 0.4) is 0 Å². The van der Waals surface area contributed by atoms with Crippen LogP contribution in [0.15, 0.2) is 11.3 Å². The highest BCUT2D eigenvalue weighted by molar-refractivity contribution is 6.11. The van der Waals surface area contributed by atoms with Crippen molar-refractivity contribution in [3.8, 4) is 0 Å². The second-order valence-electron chi connectivity index (χ2n) is 5.63. The number of hydrogen-bond donors (Lipinski definition) is 0. The molecule has 88 valence electrons. The molecule has 0 aromatic carbocycles. The molecule has 16 heavy (non-hydrogen) atoms. The molecule has 2 rings (SSSR count). The van der Waals surface area contributed by atoms with Crippen LogP contribution in [-0.2, 0) is 4.74 Å². The van der Waals surface area contributed by atoms with Gasteiger partial charge in [-0.1, -0.05) is 17.8 Å². The molecule has 0 amide bonds. The van der Waals surface area contributed by atoms with E-state index in [0.29, 0.717) is 5.82 Å². The number of rotatable bonds is 2. The highest BCUT2D eigenvalue weighted by Crippen LogP contribution is 2.35. The first kappa shape index (κ1) is 12.0. The van der Waals surface area contributed by atoms with E-state index in [1.165, 1.54) is 24.1 Å². The van der Waals surface area contributed by atoms with Crippen LogP contribution in [0.5, 0.6) is 0 Å². The summed E-state index contributed by atoms with van der Waals surface area (Å²) in [6.07, 6.45) is 4.60. The highest BCUT2D eigenvalue weighted by atomic mass is 16.5. The summed E-state index contributed by atoms with van der Waals surface area (Å²) in [5, 5.41) is 0. The van der Waals surface area contributed by atoms with Crippen molar-refractivity contribution < 1.29 is 4.74 Å². The lowest BCUT2D eigenvalue weighted by atomic mass is 9.80. The van der Waals surface area contributed by atoms with Crippen molar-refractivity contribution in [2.75, 3.05) is 20.3 Å². The number of likely N-dealkylation sites (N-methyl/N-ethyl adjacent to an activating group) is 1. The first-order valence-corrected chi connectivity index (χ1v) is 6.29. The van der Waals surface area contributed by atoms with Gasteiger partial charge in [-0.05, 0) is 33.1 Å². The van der Waals surface area contributed by atoms with Crippen molar-refractivity contribution >= 4 is 7.85 Å². The number of allylic oxidation sites excluding steroid dienone is 2. The van der Waals surface area contributed by atoms with E-state index in [2.05, 4.69) is 25.8 Å². The summed E-state index contributed by atoms with van der Waals surface area (Å²) in [6, 6.07) is 0. The minimum Gasteiger partial charge on any atom is -0.376 e. The molecule has 1 saturated heterocycles. The maximum absolute atomic E-state index is 6.07. The Hall–Kier alpha value is -0.435. The normalized spacial score (nSPS) is 29.6. The Morgan fingerprint density at radius 1 is 1.44 bits per heavy atom. The summed E-state index contributed by atoms with van der Waals surface area (Å²) in [6.45, 7) is 6.22. The van der Waals surface area contributed by atoms with Gasteiger partial charge in [-0.25, -0.2) is 0 Å². The predicted octanol–water partition coefficient (Wildman–Crippen LogP) is 2.51. The number of nitrogens with zero attached hydrogens (tertiary/aromatic N) is 1. The second-order valence-corrected chi connectivity index (χ2v) is 5.63. The van der Waals surface area contributed by atoms with Crippen LogP contribution in [-0.4, -0.2) is 38.5 Å². The van der Waals surface area contributed by atoms with Crippen LogP contribution in [0, 0.1) is 0 Å². The lowest BCUT2D eigenvalue weighted by Crippen LogP contribution is -2.58. The van der Waals surface area contributed by atoms with Gasteiger partial charge in [0.25, 0.3) is 0 Å². The van der Waals surface area contributed by atoms with E-state index in [0.717, 1.165) is 26.1 Å². The summed E-state index contributed by atoms with van der Waals surface area (Å²) in [7, 11) is 8.27. The van der Waals surface area contributed by atoms with Crippen molar-refractivity contribution in [3.63, 3.8) is 0 Å². The van der Waals surface area contributed by atoms with Crippen molar-refractivity contribution in [3.05, 3.63) is 11.3 Å². The SMILES string of the molecule is [B]C1CCCC(N(C)C2(C)COC2)=C(C)C1. The van der Waals surface area contributed by atoms with Gasteiger partial charge >= 0.3 is 0 Å². The minimum absolute atomic E-state index is 0.213. The first-order valence-electron chi connectivity index (χ1n) is 6.29. The second kappa shape index (κ2) is 4.44. The zero-order chi connectivity index (χ0) is 11.8.